The number of nitrogens with two attached hydrogens (primary N) is 1. The molecule has 0 aromatic carbocycles. The molecule has 100 valence electrons. The highest BCUT2D eigenvalue weighted by molar-refractivity contribution is 5.41. The lowest BCUT2D eigenvalue weighted by molar-refractivity contribution is 0.405. The van der Waals surface area contributed by atoms with Gasteiger partial charge >= 0.3 is 0 Å². The highest BCUT2D eigenvalue weighted by Crippen LogP contribution is 2.53. The maximum Gasteiger partial charge on any atom is 0.128 e. The van der Waals surface area contributed by atoms with Gasteiger partial charge in [0.05, 0.1) is 7.11 Å². The van der Waals surface area contributed by atoms with Gasteiger partial charge < -0.3 is 10.5 Å². The number of aryl methyl sites for hydroxylation is 1. The van der Waals surface area contributed by atoms with Gasteiger partial charge in [0.25, 0.3) is 0 Å². The molecule has 3 heteroatoms. The molecule has 3 nitrogen and oxygen atoms in total. The van der Waals surface area contributed by atoms with Crippen LogP contribution in [0.25, 0.3) is 0 Å². The van der Waals surface area contributed by atoms with E-state index < -0.39 is 0 Å². The Labute approximate surface area is 110 Å². The van der Waals surface area contributed by atoms with Crippen molar-refractivity contribution in [2.75, 3.05) is 7.11 Å². The molecule has 1 heterocycles. The predicted molar refractivity (Wildman–Crippen MR) is 73.8 cm³/mol. The zero-order valence-electron chi connectivity index (χ0n) is 12.1. The summed E-state index contributed by atoms with van der Waals surface area (Å²) < 4.78 is 5.43. The van der Waals surface area contributed by atoms with Crippen molar-refractivity contribution in [2.24, 2.45) is 17.1 Å². The number of nitrogens with zero attached hydrogens (tertiary/aromatic N) is 1. The van der Waals surface area contributed by atoms with Gasteiger partial charge in [-0.25, -0.2) is 0 Å². The first-order chi connectivity index (χ1) is 8.36. The number of methoxy groups -OCH3 is 1. The second-order valence-electron chi connectivity index (χ2n) is 6.21. The Morgan fingerprint density at radius 2 is 2.11 bits per heavy atom. The van der Waals surface area contributed by atoms with Crippen molar-refractivity contribution >= 4 is 0 Å². The quantitative estimate of drug-likeness (QED) is 0.891. The monoisotopic (exact) mass is 248 g/mol. The van der Waals surface area contributed by atoms with E-state index in [0.29, 0.717) is 11.3 Å². The number of hydrogen-bond donors (Lipinski definition) is 1. The molecule has 1 aliphatic rings. The van der Waals surface area contributed by atoms with Crippen molar-refractivity contribution in [2.45, 2.75) is 46.6 Å². The average molecular weight is 248 g/mol. The van der Waals surface area contributed by atoms with Gasteiger partial charge in [0, 0.05) is 35.5 Å². The molecule has 0 bridgehead atoms. The van der Waals surface area contributed by atoms with Crippen LogP contribution in [0, 0.1) is 25.2 Å². The number of aromatic nitrogens is 1. The molecule has 2 unspecified atom stereocenters. The summed E-state index contributed by atoms with van der Waals surface area (Å²) in [6, 6.07) is 0.207. The fraction of sp³-hybridized carbons (Fsp3) is 0.667. The van der Waals surface area contributed by atoms with Crippen molar-refractivity contribution in [3.05, 3.63) is 23.0 Å². The molecule has 1 aromatic rings. The van der Waals surface area contributed by atoms with Gasteiger partial charge in [-0.2, -0.15) is 0 Å². The zero-order valence-corrected chi connectivity index (χ0v) is 12.1. The van der Waals surface area contributed by atoms with Crippen molar-refractivity contribution in [1.82, 2.24) is 4.98 Å². The fourth-order valence-corrected chi connectivity index (χ4v) is 2.88. The lowest BCUT2D eigenvalue weighted by Crippen LogP contribution is -2.28. The Balaban J connectivity index is 2.15. The first kappa shape index (κ1) is 13.3. The zero-order chi connectivity index (χ0) is 13.5. The second-order valence-corrected chi connectivity index (χ2v) is 6.21. The first-order valence-electron chi connectivity index (χ1n) is 6.61. The van der Waals surface area contributed by atoms with Gasteiger partial charge in [-0.3, -0.25) is 4.98 Å². The van der Waals surface area contributed by atoms with Crippen LogP contribution in [-0.2, 0) is 6.42 Å². The molecule has 0 radical (unpaired) electrons. The number of rotatable bonds is 4. The van der Waals surface area contributed by atoms with E-state index in [2.05, 4.69) is 25.8 Å². The number of hydrogen-bond acceptors (Lipinski definition) is 3. The molecule has 1 saturated carbocycles. The number of pyridine rings is 1. The molecule has 0 aliphatic heterocycles. The van der Waals surface area contributed by atoms with Crippen molar-refractivity contribution in [3.8, 4) is 5.75 Å². The van der Waals surface area contributed by atoms with Crippen LogP contribution in [0.1, 0.15) is 37.1 Å². The molecule has 0 spiro atoms. The third-order valence-corrected chi connectivity index (χ3v) is 4.29. The molecule has 1 aromatic heterocycles. The number of ether oxygens (including phenoxy) is 1. The molecule has 0 amide bonds. The van der Waals surface area contributed by atoms with E-state index in [4.69, 9.17) is 10.5 Å². The van der Waals surface area contributed by atoms with Gasteiger partial charge in [0.15, 0.2) is 0 Å². The van der Waals surface area contributed by atoms with Gasteiger partial charge in [-0.05, 0) is 31.6 Å². The molecule has 1 fully saturated rings. The lowest BCUT2D eigenvalue weighted by atomic mass is 9.98. The van der Waals surface area contributed by atoms with Gasteiger partial charge in [0.1, 0.15) is 5.75 Å². The predicted octanol–water partition coefficient (Wildman–Crippen LogP) is 2.62. The van der Waals surface area contributed by atoms with Crippen molar-refractivity contribution < 1.29 is 4.74 Å². The molecule has 1 aliphatic carbocycles. The highest BCUT2D eigenvalue weighted by Gasteiger charge is 2.48. The lowest BCUT2D eigenvalue weighted by Gasteiger charge is -2.16. The molecule has 2 N–H and O–H groups in total. The SMILES string of the molecule is COc1c(C)cnc(CC(N)C2CC2(C)C)c1C. The fourth-order valence-electron chi connectivity index (χ4n) is 2.88. The van der Waals surface area contributed by atoms with Crippen LogP contribution in [0.3, 0.4) is 0 Å². The summed E-state index contributed by atoms with van der Waals surface area (Å²) in [4.78, 5) is 4.52. The summed E-state index contributed by atoms with van der Waals surface area (Å²) in [5.74, 6) is 1.58. The summed E-state index contributed by atoms with van der Waals surface area (Å²) >= 11 is 0. The van der Waals surface area contributed by atoms with Crippen molar-refractivity contribution in [1.29, 1.82) is 0 Å². The smallest absolute Gasteiger partial charge is 0.128 e. The maximum atomic E-state index is 6.30. The van der Waals surface area contributed by atoms with E-state index in [9.17, 15) is 0 Å². The normalized spacial score (nSPS) is 22.7. The van der Waals surface area contributed by atoms with Gasteiger partial charge in [0.2, 0.25) is 0 Å². The molecule has 2 atom stereocenters. The van der Waals surface area contributed by atoms with Crippen molar-refractivity contribution in [3.63, 3.8) is 0 Å². The van der Waals surface area contributed by atoms with E-state index >= 15 is 0 Å². The minimum absolute atomic E-state index is 0.207. The Morgan fingerprint density at radius 1 is 1.50 bits per heavy atom. The Kier molecular flexibility index (Phi) is 3.37. The Hall–Kier alpha value is -1.09. The summed E-state index contributed by atoms with van der Waals surface area (Å²) in [5.41, 5.74) is 10.0. The molecular formula is C15H24N2O. The van der Waals surface area contributed by atoms with Crippen LogP contribution in [0.2, 0.25) is 0 Å². The topological polar surface area (TPSA) is 48.1 Å². The summed E-state index contributed by atoms with van der Waals surface area (Å²) in [5, 5.41) is 0. The van der Waals surface area contributed by atoms with Crippen LogP contribution in [0.5, 0.6) is 5.75 Å². The standard InChI is InChI=1S/C15H24N2O/c1-9-8-17-13(10(2)14(9)18-5)6-12(16)11-7-15(11,3)4/h8,11-12H,6-7,16H2,1-5H3. The highest BCUT2D eigenvalue weighted by atomic mass is 16.5. The summed E-state index contributed by atoms with van der Waals surface area (Å²) in [6.07, 6.45) is 3.96. The largest absolute Gasteiger partial charge is 0.496 e. The van der Waals surface area contributed by atoms with Crippen LogP contribution < -0.4 is 10.5 Å². The molecule has 0 saturated heterocycles. The van der Waals surface area contributed by atoms with Crippen LogP contribution >= 0.6 is 0 Å². The van der Waals surface area contributed by atoms with Gasteiger partial charge in [-0.1, -0.05) is 13.8 Å². The Bertz CT molecular complexity index is 454. The van der Waals surface area contributed by atoms with E-state index in [1.165, 1.54) is 6.42 Å². The Morgan fingerprint density at radius 3 is 2.61 bits per heavy atom. The maximum absolute atomic E-state index is 6.30. The van der Waals surface area contributed by atoms with E-state index in [0.717, 1.165) is 29.0 Å². The third kappa shape index (κ3) is 2.37. The first-order valence-corrected chi connectivity index (χ1v) is 6.61. The van der Waals surface area contributed by atoms with Crippen LogP contribution in [0.15, 0.2) is 6.20 Å². The molecular weight excluding hydrogens is 224 g/mol. The van der Waals surface area contributed by atoms with E-state index in [-0.39, 0.29) is 6.04 Å². The minimum Gasteiger partial charge on any atom is -0.496 e. The second kappa shape index (κ2) is 4.54. The summed E-state index contributed by atoms with van der Waals surface area (Å²) in [7, 11) is 1.71. The summed E-state index contributed by atoms with van der Waals surface area (Å²) in [6.45, 7) is 8.66. The third-order valence-electron chi connectivity index (χ3n) is 4.29. The van der Waals surface area contributed by atoms with Crippen LogP contribution in [-0.4, -0.2) is 18.1 Å². The average Bonchev–Trinajstić information content (AvgIpc) is 2.93. The molecule has 2 rings (SSSR count). The van der Waals surface area contributed by atoms with Crippen LogP contribution in [0.4, 0.5) is 0 Å². The van der Waals surface area contributed by atoms with Gasteiger partial charge in [-0.15, -0.1) is 0 Å². The molecule has 18 heavy (non-hydrogen) atoms. The van der Waals surface area contributed by atoms with E-state index in [1.54, 1.807) is 7.11 Å². The van der Waals surface area contributed by atoms with E-state index in [1.807, 2.05) is 13.1 Å². The minimum atomic E-state index is 0.207.